The quantitative estimate of drug-likeness (QED) is 0.727. The van der Waals surface area contributed by atoms with E-state index in [9.17, 15) is 4.79 Å². The van der Waals surface area contributed by atoms with Gasteiger partial charge in [0.15, 0.2) is 4.67 Å². The Balaban J connectivity index is 2.21. The first-order valence-corrected chi connectivity index (χ1v) is 8.64. The van der Waals surface area contributed by atoms with E-state index in [0.29, 0.717) is 11.2 Å². The van der Waals surface area contributed by atoms with Gasteiger partial charge in [-0.3, -0.25) is 9.69 Å². The monoisotopic (exact) mass is 378 g/mol. The van der Waals surface area contributed by atoms with Crippen molar-refractivity contribution in [3.8, 4) is 0 Å². The summed E-state index contributed by atoms with van der Waals surface area (Å²) in [7, 11) is 1.82. The molecule has 1 unspecified atom stereocenters. The average molecular weight is 379 g/mol. The van der Waals surface area contributed by atoms with Gasteiger partial charge in [-0.25, -0.2) is 0 Å². The van der Waals surface area contributed by atoms with Crippen LogP contribution in [-0.4, -0.2) is 35.8 Å². The lowest BCUT2D eigenvalue weighted by Gasteiger charge is -2.32. The smallest absolute Gasteiger partial charge is 0.244 e. The molecule has 0 spiro atoms. The minimum Gasteiger partial charge on any atom is -0.452 e. The van der Waals surface area contributed by atoms with Crippen LogP contribution in [0.5, 0.6) is 0 Å². The molecule has 5 heteroatoms. The molecule has 0 saturated carbocycles. The topological polar surface area (TPSA) is 36.7 Å². The predicted molar refractivity (Wildman–Crippen MR) is 95.0 cm³/mol. The van der Waals surface area contributed by atoms with Crippen molar-refractivity contribution in [2.45, 2.75) is 26.4 Å². The van der Waals surface area contributed by atoms with Crippen LogP contribution in [0, 0.1) is 0 Å². The third kappa shape index (κ3) is 4.45. The van der Waals surface area contributed by atoms with Gasteiger partial charge in [0, 0.05) is 7.05 Å². The first-order valence-electron chi connectivity index (χ1n) is 7.85. The maximum absolute atomic E-state index is 13.0. The second kappa shape index (κ2) is 8.31. The molecule has 0 fully saturated rings. The largest absolute Gasteiger partial charge is 0.452 e. The normalized spacial score (nSPS) is 12.4. The number of carbonyl (C=O) groups excluding carboxylic acids is 1. The number of likely N-dealkylation sites (N-methyl/N-ethyl adjacent to an activating group) is 2. The highest BCUT2D eigenvalue weighted by molar-refractivity contribution is 9.10. The molecule has 1 amide bonds. The van der Waals surface area contributed by atoms with E-state index in [2.05, 4.69) is 34.7 Å². The van der Waals surface area contributed by atoms with Gasteiger partial charge >= 0.3 is 0 Å². The molecular formula is C18H23BrN2O2. The van der Waals surface area contributed by atoms with Crippen molar-refractivity contribution in [1.82, 2.24) is 9.80 Å². The fourth-order valence-corrected chi connectivity index (χ4v) is 3.03. The molecule has 1 heterocycles. The highest BCUT2D eigenvalue weighted by Crippen LogP contribution is 2.24. The number of nitrogens with zero attached hydrogens (tertiary/aromatic N) is 2. The summed E-state index contributed by atoms with van der Waals surface area (Å²) < 4.78 is 6.19. The number of benzene rings is 1. The summed E-state index contributed by atoms with van der Waals surface area (Å²) >= 11 is 3.29. The van der Waals surface area contributed by atoms with Gasteiger partial charge in [-0.2, -0.15) is 0 Å². The molecule has 2 rings (SSSR count). The lowest BCUT2D eigenvalue weighted by Crippen LogP contribution is -2.41. The molecule has 4 nitrogen and oxygen atoms in total. The Morgan fingerprint density at radius 3 is 2.30 bits per heavy atom. The van der Waals surface area contributed by atoms with Crippen LogP contribution in [0.3, 0.4) is 0 Å². The van der Waals surface area contributed by atoms with Gasteiger partial charge in [0.2, 0.25) is 5.91 Å². The van der Waals surface area contributed by atoms with Gasteiger partial charge in [0.1, 0.15) is 11.8 Å². The molecular weight excluding hydrogens is 356 g/mol. The molecule has 0 radical (unpaired) electrons. The van der Waals surface area contributed by atoms with Crippen LogP contribution in [0.4, 0.5) is 0 Å². The Morgan fingerprint density at radius 1 is 1.13 bits per heavy atom. The molecule has 2 aromatic rings. The summed E-state index contributed by atoms with van der Waals surface area (Å²) in [5.74, 6) is 0.839. The van der Waals surface area contributed by atoms with Gasteiger partial charge < -0.3 is 9.32 Å². The number of hydrogen-bond donors (Lipinski definition) is 0. The Hall–Kier alpha value is -1.59. The molecule has 0 aliphatic heterocycles. The van der Waals surface area contributed by atoms with Crippen molar-refractivity contribution in [2.75, 3.05) is 20.1 Å². The number of rotatable bonds is 7. The summed E-state index contributed by atoms with van der Waals surface area (Å²) in [5.41, 5.74) is 1.02. The van der Waals surface area contributed by atoms with Crippen molar-refractivity contribution in [1.29, 1.82) is 0 Å². The first-order chi connectivity index (χ1) is 11.1. The second-order valence-corrected chi connectivity index (χ2v) is 6.22. The average Bonchev–Trinajstić information content (AvgIpc) is 2.97. The van der Waals surface area contributed by atoms with Crippen LogP contribution in [0.2, 0.25) is 0 Å². The van der Waals surface area contributed by atoms with Gasteiger partial charge in [0.25, 0.3) is 0 Å². The third-order valence-corrected chi connectivity index (χ3v) is 4.35. The van der Waals surface area contributed by atoms with Gasteiger partial charge in [-0.15, -0.1) is 0 Å². The van der Waals surface area contributed by atoms with Crippen molar-refractivity contribution < 1.29 is 9.21 Å². The van der Waals surface area contributed by atoms with Crippen LogP contribution in [-0.2, 0) is 11.3 Å². The second-order valence-electron chi connectivity index (χ2n) is 5.43. The van der Waals surface area contributed by atoms with Crippen LogP contribution < -0.4 is 0 Å². The predicted octanol–water partition coefficient (Wildman–Crippen LogP) is 4.08. The first kappa shape index (κ1) is 17.8. The molecule has 23 heavy (non-hydrogen) atoms. The molecule has 0 bridgehead atoms. The molecule has 0 aliphatic rings. The summed E-state index contributed by atoms with van der Waals surface area (Å²) in [6, 6.07) is 13.4. The third-order valence-electron chi connectivity index (χ3n) is 3.92. The number of hydrogen-bond acceptors (Lipinski definition) is 3. The van der Waals surface area contributed by atoms with Crippen molar-refractivity contribution in [3.05, 3.63) is 58.5 Å². The summed E-state index contributed by atoms with van der Waals surface area (Å²) in [4.78, 5) is 16.9. The molecule has 124 valence electrons. The zero-order valence-electron chi connectivity index (χ0n) is 13.8. The Morgan fingerprint density at radius 2 is 1.78 bits per heavy atom. The zero-order valence-corrected chi connectivity index (χ0v) is 15.4. The van der Waals surface area contributed by atoms with Gasteiger partial charge in [-0.05, 0) is 46.7 Å². The van der Waals surface area contributed by atoms with E-state index in [4.69, 9.17) is 4.42 Å². The summed E-state index contributed by atoms with van der Waals surface area (Å²) in [5, 5.41) is 0. The van der Waals surface area contributed by atoms with E-state index in [1.54, 1.807) is 4.90 Å². The number of carbonyl (C=O) groups is 1. The van der Waals surface area contributed by atoms with Gasteiger partial charge in [0.05, 0.1) is 6.54 Å². The van der Waals surface area contributed by atoms with Gasteiger partial charge in [-0.1, -0.05) is 44.2 Å². The summed E-state index contributed by atoms with van der Waals surface area (Å²) in [6.07, 6.45) is 0. The Labute approximate surface area is 146 Å². The minimum atomic E-state index is -0.269. The Kier molecular flexibility index (Phi) is 6.42. The van der Waals surface area contributed by atoms with Crippen molar-refractivity contribution >= 4 is 21.8 Å². The van der Waals surface area contributed by atoms with E-state index < -0.39 is 0 Å². The number of furan rings is 1. The molecule has 0 N–H and O–H groups in total. The maximum atomic E-state index is 13.0. The molecule has 0 saturated heterocycles. The van der Waals surface area contributed by atoms with Crippen LogP contribution in [0.1, 0.15) is 31.2 Å². The summed E-state index contributed by atoms with van der Waals surface area (Å²) in [6.45, 7) is 6.26. The molecule has 1 aromatic heterocycles. The van der Waals surface area contributed by atoms with E-state index in [1.807, 2.05) is 49.5 Å². The van der Waals surface area contributed by atoms with E-state index in [-0.39, 0.29) is 11.9 Å². The SMILES string of the molecule is CCN(CC)C(C(=O)N(C)Cc1ccc(Br)o1)c1ccccc1. The lowest BCUT2D eigenvalue weighted by atomic mass is 10.0. The maximum Gasteiger partial charge on any atom is 0.244 e. The van der Waals surface area contributed by atoms with Crippen molar-refractivity contribution in [2.24, 2.45) is 0 Å². The van der Waals surface area contributed by atoms with E-state index in [1.165, 1.54) is 0 Å². The molecule has 1 aromatic carbocycles. The molecule has 1 atom stereocenters. The fraction of sp³-hybridized carbons (Fsp3) is 0.389. The highest BCUT2D eigenvalue weighted by Gasteiger charge is 2.28. The van der Waals surface area contributed by atoms with Crippen LogP contribution >= 0.6 is 15.9 Å². The van der Waals surface area contributed by atoms with E-state index >= 15 is 0 Å². The molecule has 0 aliphatic carbocycles. The lowest BCUT2D eigenvalue weighted by molar-refractivity contribution is -0.136. The fourth-order valence-electron chi connectivity index (χ4n) is 2.69. The van der Waals surface area contributed by atoms with Crippen molar-refractivity contribution in [3.63, 3.8) is 0 Å². The minimum absolute atomic E-state index is 0.0763. The highest BCUT2D eigenvalue weighted by atomic mass is 79.9. The Bertz CT molecular complexity index is 623. The number of halogens is 1. The van der Waals surface area contributed by atoms with E-state index in [0.717, 1.165) is 24.4 Å². The van der Waals surface area contributed by atoms with Crippen LogP contribution in [0.15, 0.2) is 51.6 Å². The van der Waals surface area contributed by atoms with Crippen LogP contribution in [0.25, 0.3) is 0 Å². The number of amides is 1. The standard InChI is InChI=1S/C18H23BrN2O2/c1-4-21(5-2)17(14-9-7-6-8-10-14)18(22)20(3)13-15-11-12-16(19)23-15/h6-12,17H,4-5,13H2,1-3H3. The zero-order chi connectivity index (χ0) is 16.8.